The molecule has 0 aromatic heterocycles. The number of amides is 3. The molecule has 1 fully saturated rings. The van der Waals surface area contributed by atoms with Crippen LogP contribution in [0.1, 0.15) is 79.7 Å². The number of thiocarbonyl (C=S) groups is 1. The van der Waals surface area contributed by atoms with Crippen LogP contribution in [0.2, 0.25) is 0 Å². The molecular weight excluding hydrogens is 659 g/mol. The van der Waals surface area contributed by atoms with Gasteiger partial charge in [-0.05, 0) is 44.1 Å². The lowest BCUT2D eigenvalue weighted by Gasteiger charge is -2.41. The third-order valence-electron chi connectivity index (χ3n) is 9.96. The number of hydrogen-bond donors (Lipinski definition) is 4. The molecule has 8 atom stereocenters. The molecule has 1 aromatic carbocycles. The van der Waals surface area contributed by atoms with Crippen LogP contribution in [-0.2, 0) is 35.1 Å². The highest BCUT2D eigenvalue weighted by Gasteiger charge is 2.43. The second-order valence-electron chi connectivity index (χ2n) is 14.6. The van der Waals surface area contributed by atoms with Crippen LogP contribution in [-0.4, -0.2) is 113 Å². The van der Waals surface area contributed by atoms with E-state index in [1.165, 1.54) is 0 Å². The Kier molecular flexibility index (Phi) is 16.8. The minimum absolute atomic E-state index is 0.0276. The van der Waals surface area contributed by atoms with Crippen molar-refractivity contribution >= 4 is 40.9 Å². The van der Waals surface area contributed by atoms with Crippen molar-refractivity contribution in [2.24, 2.45) is 23.5 Å². The van der Waals surface area contributed by atoms with E-state index in [2.05, 4.69) is 10.6 Å². The maximum Gasteiger partial charge on any atom is 0.326 e. The second-order valence-corrected chi connectivity index (χ2v) is 15.0. The van der Waals surface area contributed by atoms with Gasteiger partial charge in [-0.15, -0.1) is 0 Å². The number of likely N-dealkylation sites (tertiary alicyclic amines) is 1. The summed E-state index contributed by atoms with van der Waals surface area (Å²) in [4.78, 5) is 56.8. The Morgan fingerprint density at radius 3 is 2.20 bits per heavy atom. The van der Waals surface area contributed by atoms with Crippen molar-refractivity contribution in [3.63, 3.8) is 0 Å². The van der Waals surface area contributed by atoms with E-state index >= 15 is 0 Å². The topological polar surface area (TPSA) is 164 Å². The quantitative estimate of drug-likeness (QED) is 0.156. The number of aliphatic carboxylic acids is 1. The molecule has 1 saturated heterocycles. The van der Waals surface area contributed by atoms with Crippen molar-refractivity contribution in [1.29, 1.82) is 0 Å². The fourth-order valence-electron chi connectivity index (χ4n) is 6.72. The molecule has 0 radical (unpaired) electrons. The predicted octanol–water partition coefficient (Wildman–Crippen LogP) is 3.40. The number of carbonyl (C=O) groups is 4. The number of benzene rings is 1. The molecule has 282 valence electrons. The van der Waals surface area contributed by atoms with Crippen LogP contribution in [0.25, 0.3) is 0 Å². The zero-order chi connectivity index (χ0) is 37.9. The number of rotatable bonds is 19. The summed E-state index contributed by atoms with van der Waals surface area (Å²) in [6, 6.07) is 6.87. The maximum atomic E-state index is 14.1. The van der Waals surface area contributed by atoms with E-state index in [1.807, 2.05) is 69.9 Å². The standard InChI is InChI=1S/C37H61N5O7S/c1-11-23(4)31(41(8)34(44)30(22(2)3)40-36(47)37(6,7)38)28(48-9)21-29(43)42-19-15-18-27(42)32(49-10)24(5)33(50)39-26(35(45)46)20-25-16-13-12-14-17-25/h12-14,16-17,22-24,26-28,30-32H,11,15,18-21,38H2,1-10H3,(H,39,50)(H,40,47)(H,45,46). The Balaban J connectivity index is 2.26. The van der Waals surface area contributed by atoms with Crippen LogP contribution in [0.5, 0.6) is 0 Å². The van der Waals surface area contributed by atoms with Crippen LogP contribution in [0.15, 0.2) is 30.3 Å². The normalized spacial score (nSPS) is 19.1. The van der Waals surface area contributed by atoms with Crippen LogP contribution >= 0.6 is 12.2 Å². The average Bonchev–Trinajstić information content (AvgIpc) is 3.55. The van der Waals surface area contributed by atoms with Gasteiger partial charge in [0, 0.05) is 40.2 Å². The number of ether oxygens (including phenoxy) is 2. The summed E-state index contributed by atoms with van der Waals surface area (Å²) in [5.74, 6) is -2.47. The van der Waals surface area contributed by atoms with E-state index in [1.54, 1.807) is 40.0 Å². The van der Waals surface area contributed by atoms with Gasteiger partial charge < -0.3 is 40.7 Å². The highest BCUT2D eigenvalue weighted by Crippen LogP contribution is 2.30. The highest BCUT2D eigenvalue weighted by atomic mass is 32.1. The second kappa shape index (κ2) is 19.5. The van der Waals surface area contributed by atoms with Gasteiger partial charge in [-0.1, -0.05) is 83.6 Å². The fourth-order valence-corrected chi connectivity index (χ4v) is 7.00. The van der Waals surface area contributed by atoms with E-state index in [9.17, 15) is 24.3 Å². The Morgan fingerprint density at radius 2 is 1.70 bits per heavy atom. The Labute approximate surface area is 304 Å². The van der Waals surface area contributed by atoms with E-state index in [-0.39, 0.29) is 48.5 Å². The average molecular weight is 720 g/mol. The molecule has 0 bridgehead atoms. The number of nitrogens with one attached hydrogen (secondary N) is 2. The summed E-state index contributed by atoms with van der Waals surface area (Å²) < 4.78 is 11.9. The molecule has 2 rings (SSSR count). The summed E-state index contributed by atoms with van der Waals surface area (Å²) in [5, 5.41) is 15.8. The van der Waals surface area contributed by atoms with Crippen LogP contribution in [0.4, 0.5) is 0 Å². The lowest BCUT2D eigenvalue weighted by atomic mass is 9.89. The molecule has 1 aromatic rings. The first-order valence-electron chi connectivity index (χ1n) is 17.7. The zero-order valence-corrected chi connectivity index (χ0v) is 32.4. The van der Waals surface area contributed by atoms with Crippen molar-refractivity contribution in [1.82, 2.24) is 20.4 Å². The molecule has 8 unspecified atom stereocenters. The first-order chi connectivity index (χ1) is 23.4. The van der Waals surface area contributed by atoms with Crippen molar-refractivity contribution in [2.75, 3.05) is 27.8 Å². The van der Waals surface area contributed by atoms with Crippen molar-refractivity contribution in [3.8, 4) is 0 Å². The van der Waals surface area contributed by atoms with E-state index in [4.69, 9.17) is 27.4 Å². The number of hydrogen-bond acceptors (Lipinski definition) is 8. The summed E-state index contributed by atoms with van der Waals surface area (Å²) in [6.45, 7) is 13.4. The Bertz CT molecular complexity index is 1290. The molecule has 1 aliphatic heterocycles. The van der Waals surface area contributed by atoms with Gasteiger partial charge in [0.1, 0.15) is 12.1 Å². The summed E-state index contributed by atoms with van der Waals surface area (Å²) in [5.41, 5.74) is 5.73. The van der Waals surface area contributed by atoms with Gasteiger partial charge in [-0.2, -0.15) is 0 Å². The fraction of sp³-hybridized carbons (Fsp3) is 0.703. The third-order valence-corrected chi connectivity index (χ3v) is 10.5. The van der Waals surface area contributed by atoms with Gasteiger partial charge >= 0.3 is 5.97 Å². The molecular formula is C37H61N5O7S. The van der Waals surface area contributed by atoms with Gasteiger partial charge in [0.25, 0.3) is 0 Å². The molecule has 0 aliphatic carbocycles. The molecule has 1 heterocycles. The van der Waals surface area contributed by atoms with E-state index in [0.717, 1.165) is 18.4 Å². The number of nitrogens with zero attached hydrogens (tertiary/aromatic N) is 2. The number of carbonyl (C=O) groups excluding carboxylic acids is 3. The highest BCUT2D eigenvalue weighted by molar-refractivity contribution is 7.80. The van der Waals surface area contributed by atoms with Crippen molar-refractivity contribution in [3.05, 3.63) is 35.9 Å². The van der Waals surface area contributed by atoms with Gasteiger partial charge in [-0.3, -0.25) is 14.4 Å². The molecule has 1 aliphatic rings. The minimum atomic E-state index is -1.16. The first-order valence-corrected chi connectivity index (χ1v) is 18.1. The summed E-state index contributed by atoms with van der Waals surface area (Å²) >= 11 is 5.73. The molecule has 3 amide bonds. The monoisotopic (exact) mass is 719 g/mol. The lowest BCUT2D eigenvalue weighted by molar-refractivity contribution is -0.147. The lowest BCUT2D eigenvalue weighted by Crippen LogP contribution is -2.60. The maximum absolute atomic E-state index is 14.1. The Hall–Kier alpha value is -3.13. The molecule has 0 saturated carbocycles. The van der Waals surface area contributed by atoms with Gasteiger partial charge in [0.15, 0.2) is 0 Å². The predicted molar refractivity (Wildman–Crippen MR) is 198 cm³/mol. The largest absolute Gasteiger partial charge is 0.480 e. The third kappa shape index (κ3) is 11.4. The van der Waals surface area contributed by atoms with Crippen molar-refractivity contribution in [2.45, 2.75) is 122 Å². The van der Waals surface area contributed by atoms with Gasteiger partial charge in [0.2, 0.25) is 17.7 Å². The number of nitrogens with two attached hydrogens (primary N) is 1. The molecule has 12 nitrogen and oxygen atoms in total. The first kappa shape index (κ1) is 43.0. The van der Waals surface area contributed by atoms with E-state index < -0.39 is 47.7 Å². The molecule has 5 N–H and O–H groups in total. The number of carboxylic acid groups (broad SMARTS) is 1. The Morgan fingerprint density at radius 1 is 1.08 bits per heavy atom. The SMILES string of the molecule is CCC(C)C(C(CC(=O)N1CCCC1C(OC)C(C)C(=S)NC(Cc1ccccc1)C(=O)O)OC)N(C)C(=O)C(NC(=O)C(C)(C)N)C(C)C. The van der Waals surface area contributed by atoms with E-state index in [0.29, 0.717) is 18.0 Å². The molecule has 13 heteroatoms. The number of methoxy groups -OCH3 is 2. The number of likely N-dealkylation sites (N-methyl/N-ethyl adjacent to an activating group) is 1. The van der Waals surface area contributed by atoms with Crippen LogP contribution in [0, 0.1) is 17.8 Å². The van der Waals surface area contributed by atoms with Crippen molar-refractivity contribution < 1.29 is 33.8 Å². The zero-order valence-electron chi connectivity index (χ0n) is 31.6. The number of carboxylic acids is 1. The summed E-state index contributed by atoms with van der Waals surface area (Å²) in [6.07, 6.45) is 1.38. The van der Waals surface area contributed by atoms with Gasteiger partial charge in [-0.25, -0.2) is 4.79 Å². The van der Waals surface area contributed by atoms with Crippen LogP contribution in [0.3, 0.4) is 0 Å². The van der Waals surface area contributed by atoms with Gasteiger partial charge in [0.05, 0.1) is 41.2 Å². The smallest absolute Gasteiger partial charge is 0.326 e. The summed E-state index contributed by atoms with van der Waals surface area (Å²) in [7, 11) is 4.82. The molecule has 50 heavy (non-hydrogen) atoms. The molecule has 0 spiro atoms. The van der Waals surface area contributed by atoms with Crippen LogP contribution < -0.4 is 16.4 Å². The minimum Gasteiger partial charge on any atom is -0.480 e.